The van der Waals surface area contributed by atoms with Crippen molar-refractivity contribution < 1.29 is 32.6 Å². The van der Waals surface area contributed by atoms with Crippen LogP contribution < -0.4 is 10.1 Å². The van der Waals surface area contributed by atoms with Gasteiger partial charge in [-0.15, -0.1) is 0 Å². The van der Waals surface area contributed by atoms with Gasteiger partial charge in [-0.25, -0.2) is 9.78 Å². The van der Waals surface area contributed by atoms with Crippen LogP contribution in [0, 0.1) is 6.92 Å². The number of carbonyl (C=O) groups is 2. The number of phenols is 1. The first-order chi connectivity index (χ1) is 17.5. The van der Waals surface area contributed by atoms with Crippen molar-refractivity contribution in [3.63, 3.8) is 0 Å². The van der Waals surface area contributed by atoms with Crippen LogP contribution in [0.1, 0.15) is 15.9 Å². The van der Waals surface area contributed by atoms with E-state index >= 15 is 0 Å². The first-order valence-corrected chi connectivity index (χ1v) is 11.3. The van der Waals surface area contributed by atoms with Crippen LogP contribution in [0.5, 0.6) is 11.5 Å². The van der Waals surface area contributed by atoms with Crippen LogP contribution in [0.25, 0.3) is 11.3 Å². The minimum atomic E-state index is -5.22. The van der Waals surface area contributed by atoms with E-state index in [1.165, 1.54) is 18.5 Å². The lowest BCUT2D eigenvalue weighted by molar-refractivity contribution is -0.189. The van der Waals surface area contributed by atoms with Crippen molar-refractivity contribution in [2.75, 3.05) is 38.5 Å². The van der Waals surface area contributed by atoms with E-state index in [9.17, 15) is 27.9 Å². The number of carbonyl (C=O) groups excluding carboxylic acids is 2. The second-order valence-electron chi connectivity index (χ2n) is 8.61. The number of likely N-dealkylation sites (N-methyl/N-ethyl adjacent to an activating group) is 1. The third-order valence-electron chi connectivity index (χ3n) is 5.86. The molecule has 0 unspecified atom stereocenters. The first-order valence-electron chi connectivity index (χ1n) is 11.3. The van der Waals surface area contributed by atoms with Crippen LogP contribution in [0.15, 0.2) is 48.8 Å². The van der Waals surface area contributed by atoms with Gasteiger partial charge in [-0.1, -0.05) is 6.07 Å². The van der Waals surface area contributed by atoms with Crippen molar-refractivity contribution >= 4 is 23.4 Å². The Labute approximate surface area is 210 Å². The number of aryl methyl sites for hydroxylation is 1. The summed E-state index contributed by atoms with van der Waals surface area (Å²) in [6.45, 7) is 4.77. The maximum absolute atomic E-state index is 13.0. The number of alkyl halides is 3. The lowest BCUT2D eigenvalue weighted by Crippen LogP contribution is -2.47. The van der Waals surface area contributed by atoms with Gasteiger partial charge in [0, 0.05) is 43.0 Å². The summed E-state index contributed by atoms with van der Waals surface area (Å²) >= 11 is 0. The summed E-state index contributed by atoms with van der Waals surface area (Å²) in [5, 5.41) is 13.0. The number of ether oxygens (including phenoxy) is 1. The zero-order valence-corrected chi connectivity index (χ0v) is 20.0. The Morgan fingerprint density at radius 2 is 1.78 bits per heavy atom. The molecule has 4 rings (SSSR count). The number of esters is 1. The molecule has 0 saturated carbocycles. The van der Waals surface area contributed by atoms with Crippen LogP contribution in [-0.2, 0) is 4.79 Å². The molecule has 1 aliphatic heterocycles. The molecule has 2 N–H and O–H groups in total. The highest BCUT2D eigenvalue weighted by Crippen LogP contribution is 2.33. The highest BCUT2D eigenvalue weighted by atomic mass is 19.4. The number of piperazine rings is 1. The van der Waals surface area contributed by atoms with Crippen molar-refractivity contribution in [3.05, 3.63) is 59.9 Å². The van der Waals surface area contributed by atoms with Gasteiger partial charge in [0.25, 0.3) is 5.91 Å². The van der Waals surface area contributed by atoms with E-state index in [-0.39, 0.29) is 17.2 Å². The SMILES string of the molecule is Cc1ccc(C(=O)N2CCN(C)CC2)cc1Nc1cncc(-c2ccc(O)c(OC(=O)C(F)(F)F)c2)n1. The summed E-state index contributed by atoms with van der Waals surface area (Å²) in [7, 11) is 2.01. The Balaban J connectivity index is 1.55. The highest BCUT2D eigenvalue weighted by Gasteiger charge is 2.41. The van der Waals surface area contributed by atoms with Crippen molar-refractivity contribution in [1.82, 2.24) is 19.8 Å². The lowest BCUT2D eigenvalue weighted by Gasteiger charge is -2.32. The molecule has 0 spiro atoms. The molecule has 0 atom stereocenters. The highest BCUT2D eigenvalue weighted by molar-refractivity contribution is 5.95. The Kier molecular flexibility index (Phi) is 7.30. The maximum Gasteiger partial charge on any atom is 0.491 e. The first kappa shape index (κ1) is 25.9. The van der Waals surface area contributed by atoms with Gasteiger partial charge in [0.15, 0.2) is 11.5 Å². The minimum Gasteiger partial charge on any atom is -0.504 e. The summed E-state index contributed by atoms with van der Waals surface area (Å²) in [5.74, 6) is -3.51. The second-order valence-corrected chi connectivity index (χ2v) is 8.61. The number of amides is 1. The van der Waals surface area contributed by atoms with Crippen molar-refractivity contribution in [1.29, 1.82) is 0 Å². The normalized spacial score (nSPS) is 14.4. The molecule has 0 radical (unpaired) electrons. The average molecular weight is 515 g/mol. The molecule has 12 heteroatoms. The van der Waals surface area contributed by atoms with Gasteiger partial charge in [0.1, 0.15) is 5.82 Å². The van der Waals surface area contributed by atoms with Crippen LogP contribution in [-0.4, -0.2) is 76.2 Å². The number of phenolic OH excluding ortho intramolecular Hbond substituents is 1. The molecule has 1 aliphatic rings. The van der Waals surface area contributed by atoms with E-state index in [0.717, 1.165) is 30.8 Å². The van der Waals surface area contributed by atoms with E-state index in [1.54, 1.807) is 12.1 Å². The number of aromatic hydroxyl groups is 1. The summed E-state index contributed by atoms with van der Waals surface area (Å²) in [4.78, 5) is 36.7. The average Bonchev–Trinajstić information content (AvgIpc) is 2.86. The zero-order valence-electron chi connectivity index (χ0n) is 20.0. The van der Waals surface area contributed by atoms with Crippen LogP contribution in [0.2, 0.25) is 0 Å². The summed E-state index contributed by atoms with van der Waals surface area (Å²) < 4.78 is 42.0. The molecule has 3 aromatic rings. The van der Waals surface area contributed by atoms with Gasteiger partial charge in [0.2, 0.25) is 0 Å². The number of benzene rings is 2. The Morgan fingerprint density at radius 3 is 2.49 bits per heavy atom. The van der Waals surface area contributed by atoms with E-state index < -0.39 is 23.6 Å². The van der Waals surface area contributed by atoms with Crippen molar-refractivity contribution in [2.24, 2.45) is 0 Å². The molecule has 0 bridgehead atoms. The quantitative estimate of drug-likeness (QED) is 0.391. The van der Waals surface area contributed by atoms with Gasteiger partial charge >= 0.3 is 12.1 Å². The van der Waals surface area contributed by atoms with E-state index in [1.807, 2.05) is 24.9 Å². The number of rotatable bonds is 5. The third-order valence-corrected chi connectivity index (χ3v) is 5.86. The lowest BCUT2D eigenvalue weighted by atomic mass is 10.1. The topological polar surface area (TPSA) is 108 Å². The molecule has 194 valence electrons. The van der Waals surface area contributed by atoms with E-state index in [0.29, 0.717) is 30.2 Å². The molecule has 1 fully saturated rings. The monoisotopic (exact) mass is 515 g/mol. The molecule has 2 heterocycles. The van der Waals surface area contributed by atoms with Crippen LogP contribution >= 0.6 is 0 Å². The fraction of sp³-hybridized carbons (Fsp3) is 0.280. The van der Waals surface area contributed by atoms with Crippen LogP contribution in [0.4, 0.5) is 24.7 Å². The van der Waals surface area contributed by atoms with Gasteiger partial charge in [-0.2, -0.15) is 13.2 Å². The fourth-order valence-electron chi connectivity index (χ4n) is 3.70. The maximum atomic E-state index is 13.0. The van der Waals surface area contributed by atoms with Gasteiger partial charge in [0.05, 0.1) is 18.1 Å². The van der Waals surface area contributed by atoms with Crippen molar-refractivity contribution in [3.8, 4) is 22.8 Å². The molecule has 37 heavy (non-hydrogen) atoms. The summed E-state index contributed by atoms with van der Waals surface area (Å²) in [6, 6.07) is 8.88. The standard InChI is InChI=1S/C25H24F3N5O4/c1-15-3-4-17(23(35)33-9-7-32(2)8-10-33)11-18(15)30-22-14-29-13-19(31-22)16-5-6-20(34)21(12-16)37-24(36)25(26,27)28/h3-6,11-14,34H,7-10H2,1-2H3,(H,30,31). The predicted octanol–water partition coefficient (Wildman–Crippen LogP) is 3.76. The number of aromatic nitrogens is 2. The zero-order chi connectivity index (χ0) is 26.7. The van der Waals surface area contributed by atoms with Gasteiger partial charge in [-0.3, -0.25) is 9.78 Å². The number of hydrogen-bond donors (Lipinski definition) is 2. The Bertz CT molecular complexity index is 1320. The predicted molar refractivity (Wildman–Crippen MR) is 129 cm³/mol. The smallest absolute Gasteiger partial charge is 0.491 e. The molecule has 9 nitrogen and oxygen atoms in total. The van der Waals surface area contributed by atoms with Crippen molar-refractivity contribution in [2.45, 2.75) is 13.1 Å². The molecule has 1 saturated heterocycles. The largest absolute Gasteiger partial charge is 0.504 e. The number of anilines is 2. The molecule has 1 aromatic heterocycles. The molecule has 2 aromatic carbocycles. The number of nitrogens with one attached hydrogen (secondary N) is 1. The molecular weight excluding hydrogens is 491 g/mol. The Hall–Kier alpha value is -4.19. The van der Waals surface area contributed by atoms with Gasteiger partial charge in [-0.05, 0) is 49.9 Å². The molecule has 1 amide bonds. The Morgan fingerprint density at radius 1 is 1.05 bits per heavy atom. The fourth-order valence-corrected chi connectivity index (χ4v) is 3.70. The van der Waals surface area contributed by atoms with E-state index in [4.69, 9.17) is 0 Å². The minimum absolute atomic E-state index is 0.0685. The molecular formula is C25H24F3N5O4. The summed E-state index contributed by atoms with van der Waals surface area (Å²) in [6.07, 6.45) is -2.40. The molecule has 0 aliphatic carbocycles. The number of halogens is 3. The van der Waals surface area contributed by atoms with Crippen LogP contribution in [0.3, 0.4) is 0 Å². The van der Waals surface area contributed by atoms with E-state index in [2.05, 4.69) is 24.9 Å². The van der Waals surface area contributed by atoms with Gasteiger partial charge < -0.3 is 25.0 Å². The number of nitrogens with zero attached hydrogens (tertiary/aromatic N) is 4. The third kappa shape index (κ3) is 6.15. The second kappa shape index (κ2) is 10.4. The number of hydrogen-bond acceptors (Lipinski definition) is 8. The summed E-state index contributed by atoms with van der Waals surface area (Å²) in [5.41, 5.74) is 2.52.